The van der Waals surface area contributed by atoms with E-state index >= 15 is 0 Å². The lowest BCUT2D eigenvalue weighted by atomic mass is 9.87. The van der Waals surface area contributed by atoms with Gasteiger partial charge in [0.05, 0.1) is 17.4 Å². The lowest BCUT2D eigenvalue weighted by molar-refractivity contribution is -0.126. The summed E-state index contributed by atoms with van der Waals surface area (Å²) in [6.45, 7) is 1.93. The van der Waals surface area contributed by atoms with Gasteiger partial charge < -0.3 is 0 Å². The van der Waals surface area contributed by atoms with E-state index in [0.29, 0.717) is 0 Å². The van der Waals surface area contributed by atoms with Gasteiger partial charge in [-0.05, 0) is 41.6 Å². The quantitative estimate of drug-likeness (QED) is 0.639. The Morgan fingerprint density at radius 2 is 1.68 bits per heavy atom. The molecule has 0 N–H and O–H groups in total. The van der Waals surface area contributed by atoms with E-state index in [1.54, 1.807) is 35.6 Å². The summed E-state index contributed by atoms with van der Waals surface area (Å²) in [5.74, 6) is -1.06. The van der Waals surface area contributed by atoms with Gasteiger partial charge in [-0.3, -0.25) is 4.79 Å². The van der Waals surface area contributed by atoms with Gasteiger partial charge in [-0.2, -0.15) is 0 Å². The molecule has 1 atom stereocenters. The molecule has 3 aromatic rings. The van der Waals surface area contributed by atoms with Crippen LogP contribution < -0.4 is 0 Å². The molecule has 0 saturated carbocycles. The van der Waals surface area contributed by atoms with Crippen molar-refractivity contribution in [3.63, 3.8) is 0 Å². The van der Waals surface area contributed by atoms with E-state index in [-0.39, 0.29) is 11.4 Å². The molecular formula is C22H19NO3S2. The standard InChI is InChI=1S/C22H19NO3S2/c1-16-9-11-18(12-10-16)28(25,26)23-14-13-19(20-8-5-15-27-20)21(22(23)24)17-6-3-2-4-7-17/h2-13,15,21H,14H2,1H3. The second-order valence-electron chi connectivity index (χ2n) is 6.67. The molecule has 0 saturated heterocycles. The number of amides is 1. The molecule has 0 fully saturated rings. The molecular weight excluding hydrogens is 390 g/mol. The van der Waals surface area contributed by atoms with E-state index in [9.17, 15) is 13.2 Å². The van der Waals surface area contributed by atoms with Crippen LogP contribution in [0.1, 0.15) is 21.9 Å². The topological polar surface area (TPSA) is 54.5 Å². The number of carbonyl (C=O) groups excluding carboxylic acids is 1. The molecule has 0 spiro atoms. The predicted octanol–water partition coefficient (Wildman–Crippen LogP) is 4.45. The monoisotopic (exact) mass is 409 g/mol. The van der Waals surface area contributed by atoms with E-state index in [4.69, 9.17) is 0 Å². The SMILES string of the molecule is Cc1ccc(S(=O)(=O)N2CC=C(c3cccs3)C(c3ccccc3)C2=O)cc1. The van der Waals surface area contributed by atoms with Crippen LogP contribution in [0.2, 0.25) is 0 Å². The Balaban J connectivity index is 1.80. The molecule has 2 heterocycles. The number of nitrogens with zero attached hydrogens (tertiary/aromatic N) is 1. The fourth-order valence-corrected chi connectivity index (χ4v) is 5.52. The van der Waals surface area contributed by atoms with Crippen molar-refractivity contribution in [3.8, 4) is 0 Å². The normalized spacial score (nSPS) is 17.5. The lowest BCUT2D eigenvalue weighted by Crippen LogP contribution is -2.43. The molecule has 142 valence electrons. The van der Waals surface area contributed by atoms with Crippen LogP contribution in [0.3, 0.4) is 0 Å². The number of rotatable bonds is 4. The molecule has 1 aliphatic rings. The second kappa shape index (κ2) is 7.37. The average molecular weight is 410 g/mol. The summed E-state index contributed by atoms with van der Waals surface area (Å²) in [5.41, 5.74) is 2.61. The van der Waals surface area contributed by atoms with E-state index in [2.05, 4.69) is 0 Å². The zero-order valence-corrected chi connectivity index (χ0v) is 16.9. The maximum absolute atomic E-state index is 13.4. The zero-order chi connectivity index (χ0) is 19.7. The highest BCUT2D eigenvalue weighted by atomic mass is 32.2. The molecule has 1 aromatic heterocycles. The highest BCUT2D eigenvalue weighted by Crippen LogP contribution is 2.39. The maximum Gasteiger partial charge on any atom is 0.266 e. The smallest absolute Gasteiger partial charge is 0.266 e. The first-order chi connectivity index (χ1) is 13.5. The summed E-state index contributed by atoms with van der Waals surface area (Å²) in [5, 5.41) is 1.96. The molecule has 1 amide bonds. The second-order valence-corrected chi connectivity index (χ2v) is 9.48. The van der Waals surface area contributed by atoms with Crippen LogP contribution in [0, 0.1) is 6.92 Å². The van der Waals surface area contributed by atoms with Crippen LogP contribution in [-0.2, 0) is 14.8 Å². The fraction of sp³-hybridized carbons (Fsp3) is 0.136. The average Bonchev–Trinajstić information content (AvgIpc) is 3.23. The van der Waals surface area contributed by atoms with Gasteiger partial charge in [0, 0.05) is 4.88 Å². The summed E-state index contributed by atoms with van der Waals surface area (Å²) in [7, 11) is -3.92. The third-order valence-electron chi connectivity index (χ3n) is 4.83. The summed E-state index contributed by atoms with van der Waals surface area (Å²) in [4.78, 5) is 14.5. The molecule has 1 aliphatic heterocycles. The van der Waals surface area contributed by atoms with Crippen molar-refractivity contribution in [1.82, 2.24) is 4.31 Å². The highest BCUT2D eigenvalue weighted by Gasteiger charge is 2.39. The van der Waals surface area contributed by atoms with Crippen molar-refractivity contribution in [3.05, 3.63) is 94.2 Å². The van der Waals surface area contributed by atoms with Crippen molar-refractivity contribution in [2.75, 3.05) is 6.54 Å². The molecule has 0 radical (unpaired) electrons. The Bertz CT molecular complexity index is 1120. The minimum absolute atomic E-state index is 0.0333. The van der Waals surface area contributed by atoms with Crippen LogP contribution in [-0.4, -0.2) is 25.2 Å². The predicted molar refractivity (Wildman–Crippen MR) is 112 cm³/mol. The van der Waals surface area contributed by atoms with E-state index in [0.717, 1.165) is 25.9 Å². The lowest BCUT2D eigenvalue weighted by Gasteiger charge is -2.32. The Morgan fingerprint density at radius 3 is 2.32 bits per heavy atom. The molecule has 4 nitrogen and oxygen atoms in total. The minimum Gasteiger partial charge on any atom is -0.273 e. The van der Waals surface area contributed by atoms with Gasteiger partial charge in [0.2, 0.25) is 5.91 Å². The molecule has 28 heavy (non-hydrogen) atoms. The van der Waals surface area contributed by atoms with E-state index in [1.807, 2.05) is 60.8 Å². The molecule has 1 unspecified atom stereocenters. The molecule has 2 aromatic carbocycles. The number of aryl methyl sites for hydroxylation is 1. The number of hydrogen-bond acceptors (Lipinski definition) is 4. The van der Waals surface area contributed by atoms with Gasteiger partial charge in [-0.1, -0.05) is 60.2 Å². The van der Waals surface area contributed by atoms with Crippen molar-refractivity contribution in [1.29, 1.82) is 0 Å². The maximum atomic E-state index is 13.4. The van der Waals surface area contributed by atoms with Crippen LogP contribution in [0.4, 0.5) is 0 Å². The van der Waals surface area contributed by atoms with Crippen LogP contribution in [0.25, 0.3) is 5.57 Å². The van der Waals surface area contributed by atoms with Crippen molar-refractivity contribution >= 4 is 32.8 Å². The van der Waals surface area contributed by atoms with Crippen molar-refractivity contribution < 1.29 is 13.2 Å². The Morgan fingerprint density at radius 1 is 0.964 bits per heavy atom. The Hall–Kier alpha value is -2.70. The van der Waals surface area contributed by atoms with Crippen molar-refractivity contribution in [2.45, 2.75) is 17.7 Å². The van der Waals surface area contributed by atoms with E-state index < -0.39 is 21.8 Å². The summed E-state index contributed by atoms with van der Waals surface area (Å²) in [6.07, 6.45) is 1.86. The van der Waals surface area contributed by atoms with Gasteiger partial charge in [-0.15, -0.1) is 11.3 Å². The number of sulfonamides is 1. The number of thiophene rings is 1. The Labute approximate surface area is 168 Å². The molecule has 6 heteroatoms. The van der Waals surface area contributed by atoms with Gasteiger partial charge in [-0.25, -0.2) is 12.7 Å². The van der Waals surface area contributed by atoms with Crippen molar-refractivity contribution in [2.24, 2.45) is 0 Å². The summed E-state index contributed by atoms with van der Waals surface area (Å²) >= 11 is 1.55. The molecule has 4 rings (SSSR count). The molecule has 0 bridgehead atoms. The van der Waals surface area contributed by atoms with Gasteiger partial charge in [0.25, 0.3) is 10.0 Å². The van der Waals surface area contributed by atoms with Crippen LogP contribution >= 0.6 is 11.3 Å². The number of carbonyl (C=O) groups is 1. The van der Waals surface area contributed by atoms with Gasteiger partial charge in [0.1, 0.15) is 0 Å². The number of benzene rings is 2. The first-order valence-electron chi connectivity index (χ1n) is 8.90. The first-order valence-corrected chi connectivity index (χ1v) is 11.2. The highest BCUT2D eigenvalue weighted by molar-refractivity contribution is 7.89. The van der Waals surface area contributed by atoms with E-state index in [1.165, 1.54) is 0 Å². The van der Waals surface area contributed by atoms with Gasteiger partial charge in [0.15, 0.2) is 0 Å². The summed E-state index contributed by atoms with van der Waals surface area (Å²) < 4.78 is 27.3. The third-order valence-corrected chi connectivity index (χ3v) is 7.52. The van der Waals surface area contributed by atoms with Crippen LogP contribution in [0.5, 0.6) is 0 Å². The number of hydrogen-bond donors (Lipinski definition) is 0. The molecule has 0 aliphatic carbocycles. The fourth-order valence-electron chi connectivity index (χ4n) is 3.37. The largest absolute Gasteiger partial charge is 0.273 e. The third kappa shape index (κ3) is 3.30. The van der Waals surface area contributed by atoms with Crippen LogP contribution in [0.15, 0.2) is 83.1 Å². The Kier molecular flexibility index (Phi) is 4.91. The first kappa shape index (κ1) is 18.7. The summed E-state index contributed by atoms with van der Waals surface area (Å²) in [6, 6.07) is 19.8. The minimum atomic E-state index is -3.92. The zero-order valence-electron chi connectivity index (χ0n) is 15.3. The van der Waals surface area contributed by atoms with Gasteiger partial charge >= 0.3 is 0 Å².